The molecule has 8 nitrogen and oxygen atoms in total. The maximum Gasteiger partial charge on any atom is 0.119 e. The van der Waals surface area contributed by atoms with E-state index in [0.29, 0.717) is 0 Å². The van der Waals surface area contributed by atoms with E-state index in [1.807, 2.05) is 43.5 Å². The van der Waals surface area contributed by atoms with Crippen molar-refractivity contribution in [1.82, 2.24) is 0 Å². The lowest BCUT2D eigenvalue weighted by Gasteiger charge is -2.32. The molecule has 8 heteroatoms. The predicted molar refractivity (Wildman–Crippen MR) is 397 cm³/mol. The molecule has 0 bridgehead atoms. The summed E-state index contributed by atoms with van der Waals surface area (Å²) in [5, 5.41) is 0. The third kappa shape index (κ3) is 12.7. The van der Waals surface area contributed by atoms with Gasteiger partial charge in [0.15, 0.2) is 0 Å². The number of ether oxygens (including phenoxy) is 4. The maximum atomic E-state index is 7.25. The van der Waals surface area contributed by atoms with E-state index < -0.39 is 5.60 Å². The van der Waals surface area contributed by atoms with Crippen molar-refractivity contribution < 1.29 is 18.9 Å². The van der Waals surface area contributed by atoms with Crippen LogP contribution in [0.15, 0.2) is 291 Å². The SMILES string of the molecule is COc1ccc(N(c2ccc(C)cc2)c2ccc(C3=C(c4ccc(N(c5ccc(C)cc5)c5ccc(C)cc5)cc4)C(C)(OC)C(c4ccc(N(c5ccc(C)cc5)c5ccc(OC)cc5)cc4)=C3c3ccc(N(c4ccc(C)cc4)c4ccc(OC)cc4)cc3)cc2)cc1. The average molecular weight is 1240 g/mol. The first-order valence-corrected chi connectivity index (χ1v) is 32.2. The molecule has 1 unspecified atom stereocenters. The average Bonchev–Trinajstić information content (AvgIpc) is 1.55. The van der Waals surface area contributed by atoms with Crippen LogP contribution in [0.3, 0.4) is 0 Å². The summed E-state index contributed by atoms with van der Waals surface area (Å²) in [6, 6.07) is 105. The van der Waals surface area contributed by atoms with E-state index in [1.165, 1.54) is 27.8 Å². The van der Waals surface area contributed by atoms with Crippen LogP contribution in [0.1, 0.15) is 57.0 Å². The Balaban J connectivity index is 1.04. The Hall–Kier alpha value is -11.3. The van der Waals surface area contributed by atoms with Crippen LogP contribution in [0.2, 0.25) is 0 Å². The molecule has 0 saturated carbocycles. The zero-order chi connectivity index (χ0) is 65.7. The van der Waals surface area contributed by atoms with Crippen LogP contribution in [0.4, 0.5) is 68.2 Å². The molecule has 0 aromatic heterocycles. The molecule has 0 saturated heterocycles. The van der Waals surface area contributed by atoms with Gasteiger partial charge in [-0.1, -0.05) is 137 Å². The molecular formula is C87H78N4O4. The normalized spacial score (nSPS) is 13.6. The molecule has 13 rings (SSSR count). The number of aryl methyl sites for hydroxylation is 5. The Morgan fingerprint density at radius 3 is 0.537 bits per heavy atom. The van der Waals surface area contributed by atoms with Gasteiger partial charge >= 0.3 is 0 Å². The van der Waals surface area contributed by atoms with Gasteiger partial charge in [-0.05, 0) is 257 Å². The van der Waals surface area contributed by atoms with Crippen LogP contribution >= 0.6 is 0 Å². The largest absolute Gasteiger partial charge is 0.497 e. The minimum atomic E-state index is -1.03. The van der Waals surface area contributed by atoms with E-state index in [9.17, 15) is 0 Å². The monoisotopic (exact) mass is 1240 g/mol. The van der Waals surface area contributed by atoms with Gasteiger partial charge in [-0.3, -0.25) is 0 Å². The quantitative estimate of drug-likeness (QED) is 0.0748. The van der Waals surface area contributed by atoms with Crippen LogP contribution < -0.4 is 33.8 Å². The van der Waals surface area contributed by atoms with Crippen molar-refractivity contribution in [3.63, 3.8) is 0 Å². The molecule has 470 valence electrons. The summed E-state index contributed by atoms with van der Waals surface area (Å²) in [6.45, 7) is 12.9. The molecule has 0 fully saturated rings. The Kier molecular flexibility index (Phi) is 17.8. The van der Waals surface area contributed by atoms with Crippen molar-refractivity contribution in [1.29, 1.82) is 0 Å². The first-order valence-electron chi connectivity index (χ1n) is 32.2. The van der Waals surface area contributed by atoms with Crippen LogP contribution in [0.25, 0.3) is 22.3 Å². The minimum Gasteiger partial charge on any atom is -0.497 e. The van der Waals surface area contributed by atoms with Crippen LogP contribution in [0, 0.1) is 34.6 Å². The summed E-state index contributed by atoms with van der Waals surface area (Å²) < 4.78 is 24.2. The molecule has 0 spiro atoms. The van der Waals surface area contributed by atoms with E-state index in [-0.39, 0.29) is 0 Å². The van der Waals surface area contributed by atoms with Gasteiger partial charge in [0.05, 0.1) is 21.3 Å². The zero-order valence-corrected chi connectivity index (χ0v) is 55.6. The van der Waals surface area contributed by atoms with Gasteiger partial charge in [0.25, 0.3) is 0 Å². The van der Waals surface area contributed by atoms with Crippen molar-refractivity contribution in [2.24, 2.45) is 0 Å². The molecule has 1 aliphatic carbocycles. The fraction of sp³-hybridized carbons (Fsp3) is 0.126. The van der Waals surface area contributed by atoms with Gasteiger partial charge in [0.1, 0.15) is 22.8 Å². The second kappa shape index (κ2) is 27.1. The molecule has 12 aromatic rings. The molecule has 0 heterocycles. The zero-order valence-electron chi connectivity index (χ0n) is 55.6. The van der Waals surface area contributed by atoms with E-state index >= 15 is 0 Å². The lowest BCUT2D eigenvalue weighted by molar-refractivity contribution is 0.110. The first-order chi connectivity index (χ1) is 46.3. The number of nitrogens with zero attached hydrogens (tertiary/aromatic N) is 4. The summed E-state index contributed by atoms with van der Waals surface area (Å²) in [4.78, 5) is 9.23. The molecule has 0 aliphatic heterocycles. The topological polar surface area (TPSA) is 49.9 Å². The second-order valence-electron chi connectivity index (χ2n) is 24.5. The highest BCUT2D eigenvalue weighted by Crippen LogP contribution is 2.59. The van der Waals surface area contributed by atoms with E-state index in [2.05, 4.69) is 316 Å². The standard InChI is InChI=1S/C87H78N4O4/c1-59-11-29-68(30-12-59)88(69-31-13-60(2)14-32-69)75-43-25-66(26-44-75)85-83(64-21-39-73(40-22-64)89(70-33-15-61(3)16-34-70)77-47-53-80(92-7)54-48-77)84(65-23-41-74(42-24-65)90(71-35-17-62(4)18-36-71)78-49-55-81(93-8)56-50-78)86(87(85,6)95-10)67-27-45-76(46-28-67)91(72-37-19-63(5)20-38-72)79-51-57-82(94-9)58-52-79/h11-58H,1-10H3. The number of hydrogen-bond acceptors (Lipinski definition) is 8. The predicted octanol–water partition coefficient (Wildman–Crippen LogP) is 23.1. The molecule has 95 heavy (non-hydrogen) atoms. The molecule has 0 N–H and O–H groups in total. The third-order valence-corrected chi connectivity index (χ3v) is 18.2. The number of benzene rings is 12. The Morgan fingerprint density at radius 1 is 0.211 bits per heavy atom. The van der Waals surface area contributed by atoms with E-state index in [1.54, 1.807) is 21.3 Å². The molecule has 12 aromatic carbocycles. The van der Waals surface area contributed by atoms with Crippen molar-refractivity contribution in [2.75, 3.05) is 48.0 Å². The third-order valence-electron chi connectivity index (χ3n) is 18.2. The second-order valence-corrected chi connectivity index (χ2v) is 24.5. The van der Waals surface area contributed by atoms with Crippen molar-refractivity contribution in [3.05, 3.63) is 341 Å². The van der Waals surface area contributed by atoms with Gasteiger partial charge in [0.2, 0.25) is 0 Å². The van der Waals surface area contributed by atoms with Gasteiger partial charge in [-0.25, -0.2) is 0 Å². The van der Waals surface area contributed by atoms with Crippen LogP contribution in [0.5, 0.6) is 17.2 Å². The summed E-state index contributed by atoms with van der Waals surface area (Å²) in [5.74, 6) is 2.38. The lowest BCUT2D eigenvalue weighted by Crippen LogP contribution is -2.29. The Labute approximate surface area is 560 Å². The van der Waals surface area contributed by atoms with Gasteiger partial charge in [-0.15, -0.1) is 0 Å². The number of allylic oxidation sites excluding steroid dienone is 2. The van der Waals surface area contributed by atoms with Crippen molar-refractivity contribution >= 4 is 90.5 Å². The van der Waals surface area contributed by atoms with Crippen molar-refractivity contribution in [3.8, 4) is 17.2 Å². The van der Waals surface area contributed by atoms with Crippen LogP contribution in [-0.2, 0) is 4.74 Å². The minimum absolute atomic E-state index is 0.794. The Morgan fingerprint density at radius 2 is 0.368 bits per heavy atom. The highest BCUT2D eigenvalue weighted by atomic mass is 16.5. The number of hydrogen-bond donors (Lipinski definition) is 0. The van der Waals surface area contributed by atoms with Gasteiger partial charge in [0, 0.05) is 86.5 Å². The van der Waals surface area contributed by atoms with Gasteiger partial charge < -0.3 is 38.5 Å². The summed E-state index contributed by atoms with van der Waals surface area (Å²) in [7, 11) is 6.97. The first kappa shape index (κ1) is 62.5. The molecule has 0 radical (unpaired) electrons. The molecular weight excluding hydrogens is 1160 g/mol. The summed E-state index contributed by atoms with van der Waals surface area (Å²) in [5.41, 5.74) is 25.6. The molecule has 1 atom stereocenters. The highest BCUT2D eigenvalue weighted by molar-refractivity contribution is 6.31. The fourth-order valence-corrected chi connectivity index (χ4v) is 13.0. The number of methoxy groups -OCH3 is 4. The smallest absolute Gasteiger partial charge is 0.119 e. The summed E-state index contributed by atoms with van der Waals surface area (Å²) >= 11 is 0. The van der Waals surface area contributed by atoms with E-state index in [4.69, 9.17) is 18.9 Å². The van der Waals surface area contributed by atoms with Crippen LogP contribution in [-0.4, -0.2) is 34.0 Å². The van der Waals surface area contributed by atoms with E-state index in [0.717, 1.165) is 130 Å². The summed E-state index contributed by atoms with van der Waals surface area (Å²) in [6.07, 6.45) is 0. The maximum absolute atomic E-state index is 7.25. The van der Waals surface area contributed by atoms with Crippen molar-refractivity contribution in [2.45, 2.75) is 47.1 Å². The lowest BCUT2D eigenvalue weighted by atomic mass is 9.82. The number of anilines is 12. The molecule has 0 amide bonds. The van der Waals surface area contributed by atoms with Gasteiger partial charge in [-0.2, -0.15) is 0 Å². The highest BCUT2D eigenvalue weighted by Gasteiger charge is 2.46. The fourth-order valence-electron chi connectivity index (χ4n) is 13.0. The Bertz CT molecular complexity index is 4620. The molecule has 1 aliphatic rings. The number of rotatable bonds is 20.